The molecule has 26 heavy (non-hydrogen) atoms. The Kier molecular flexibility index (Phi) is 3.11. The second-order valence-electron chi connectivity index (χ2n) is 8.60. The highest BCUT2D eigenvalue weighted by Crippen LogP contribution is 2.60. The summed E-state index contributed by atoms with van der Waals surface area (Å²) in [6.45, 7) is 2.59. The first-order valence-corrected chi connectivity index (χ1v) is 10.7. The number of piperidine rings is 3. The quantitative estimate of drug-likeness (QED) is 0.882. The van der Waals surface area contributed by atoms with Gasteiger partial charge in [0, 0.05) is 11.5 Å². The van der Waals surface area contributed by atoms with Crippen molar-refractivity contribution in [2.24, 2.45) is 17.6 Å². The molecule has 2 N–H and O–H groups in total. The van der Waals surface area contributed by atoms with Crippen LogP contribution in [0.1, 0.15) is 47.3 Å². The average molecular weight is 369 g/mol. The molecule has 1 saturated carbocycles. The lowest BCUT2D eigenvalue weighted by atomic mass is 9.68. The number of ether oxygens (including phenoxy) is 1. The van der Waals surface area contributed by atoms with E-state index in [1.165, 1.54) is 55.7 Å². The first-order chi connectivity index (χ1) is 12.7. The van der Waals surface area contributed by atoms with Crippen molar-refractivity contribution < 1.29 is 9.53 Å². The molecule has 7 rings (SSSR count). The van der Waals surface area contributed by atoms with Gasteiger partial charge in [-0.1, -0.05) is 12.1 Å². The maximum atomic E-state index is 11.6. The smallest absolute Gasteiger partial charge is 0.258 e. The van der Waals surface area contributed by atoms with E-state index in [9.17, 15) is 4.79 Å². The molecule has 3 saturated heterocycles. The first-order valence-electron chi connectivity index (χ1n) is 9.93. The molecular weight excluding hydrogens is 344 g/mol. The molecule has 4 fully saturated rings. The van der Waals surface area contributed by atoms with Crippen LogP contribution in [-0.2, 0) is 6.42 Å². The molecule has 2 bridgehead atoms. The summed E-state index contributed by atoms with van der Waals surface area (Å²) in [6.07, 6.45) is 7.93. The highest BCUT2D eigenvalue weighted by molar-refractivity contribution is 7.21. The van der Waals surface area contributed by atoms with Gasteiger partial charge in [0.15, 0.2) is 0 Å². The van der Waals surface area contributed by atoms with E-state index in [2.05, 4.69) is 17.0 Å². The van der Waals surface area contributed by atoms with Crippen LogP contribution in [0.25, 0.3) is 10.1 Å². The number of primary amides is 1. The molecule has 1 aliphatic carbocycles. The molecule has 1 aromatic heterocycles. The fourth-order valence-corrected chi connectivity index (χ4v) is 7.13. The minimum atomic E-state index is -0.346. The normalized spacial score (nSPS) is 33.8. The van der Waals surface area contributed by atoms with Crippen LogP contribution in [0.15, 0.2) is 18.2 Å². The fourth-order valence-electron chi connectivity index (χ4n) is 6.11. The Hall–Kier alpha value is -1.59. The number of aryl methyl sites for hydroxylation is 1. The summed E-state index contributed by atoms with van der Waals surface area (Å²) in [5.41, 5.74) is 7.25. The third-order valence-corrected chi connectivity index (χ3v) is 8.56. The summed E-state index contributed by atoms with van der Waals surface area (Å²) in [4.78, 5) is 15.0. The van der Waals surface area contributed by atoms with E-state index < -0.39 is 0 Å². The number of benzene rings is 1. The molecule has 1 spiro atoms. The molecular formula is C21H24N2O2S. The lowest BCUT2D eigenvalue weighted by Gasteiger charge is -2.54. The second-order valence-corrected chi connectivity index (χ2v) is 9.65. The standard InChI is InChI=1S/C21H24N2O2S/c22-20(24)16-11-14-2-1-13-3-4-15(25-18(13)19(14)26-16)17-12-5-9-23(10-6-12)21(17)7-8-21/h1-2,11-12,15,17H,3-10H2,(H2,22,24). The van der Waals surface area contributed by atoms with Gasteiger partial charge in [0.1, 0.15) is 11.9 Å². The minimum Gasteiger partial charge on any atom is -0.488 e. The number of thiophene rings is 1. The third-order valence-electron chi connectivity index (χ3n) is 7.39. The molecule has 5 heterocycles. The summed E-state index contributed by atoms with van der Waals surface area (Å²) in [5.74, 6) is 2.20. The van der Waals surface area contributed by atoms with Crippen LogP contribution in [0.4, 0.5) is 0 Å². The van der Waals surface area contributed by atoms with Crippen LogP contribution >= 0.6 is 11.3 Å². The first kappa shape index (κ1) is 15.5. The third kappa shape index (κ3) is 2.01. The highest BCUT2D eigenvalue weighted by atomic mass is 32.1. The van der Waals surface area contributed by atoms with Crippen LogP contribution in [-0.4, -0.2) is 35.5 Å². The minimum absolute atomic E-state index is 0.322. The highest BCUT2D eigenvalue weighted by Gasteiger charge is 2.62. The molecule has 2 atom stereocenters. The van der Waals surface area contributed by atoms with Gasteiger partial charge < -0.3 is 10.5 Å². The number of carbonyl (C=O) groups excluding carboxylic acids is 1. The van der Waals surface area contributed by atoms with Crippen molar-refractivity contribution >= 4 is 27.3 Å². The molecule has 2 unspecified atom stereocenters. The fraction of sp³-hybridized carbons (Fsp3) is 0.571. The van der Waals surface area contributed by atoms with Crippen LogP contribution in [0.2, 0.25) is 0 Å². The van der Waals surface area contributed by atoms with Gasteiger partial charge in [-0.3, -0.25) is 9.69 Å². The van der Waals surface area contributed by atoms with Crippen molar-refractivity contribution in [3.05, 3.63) is 28.6 Å². The Labute approximate surface area is 157 Å². The topological polar surface area (TPSA) is 55.6 Å². The van der Waals surface area contributed by atoms with Crippen LogP contribution in [0.5, 0.6) is 5.75 Å². The van der Waals surface area contributed by atoms with E-state index in [0.29, 0.717) is 22.4 Å². The van der Waals surface area contributed by atoms with Crippen molar-refractivity contribution in [2.45, 2.75) is 50.2 Å². The Morgan fingerprint density at radius 2 is 2.04 bits per heavy atom. The maximum absolute atomic E-state index is 11.6. The van der Waals surface area contributed by atoms with Gasteiger partial charge in [-0.25, -0.2) is 0 Å². The number of hydrogen-bond acceptors (Lipinski definition) is 4. The van der Waals surface area contributed by atoms with Gasteiger partial charge in [-0.05, 0) is 74.5 Å². The predicted molar refractivity (Wildman–Crippen MR) is 103 cm³/mol. The maximum Gasteiger partial charge on any atom is 0.258 e. The molecule has 2 aromatic rings. The molecule has 5 aliphatic rings. The number of hydrogen-bond donors (Lipinski definition) is 1. The lowest BCUT2D eigenvalue weighted by molar-refractivity contribution is -0.0800. The van der Waals surface area contributed by atoms with E-state index >= 15 is 0 Å². The summed E-state index contributed by atoms with van der Waals surface area (Å²) in [7, 11) is 0. The second kappa shape index (κ2) is 5.23. The zero-order chi connectivity index (χ0) is 17.5. The zero-order valence-electron chi connectivity index (χ0n) is 14.9. The molecule has 0 radical (unpaired) electrons. The Morgan fingerprint density at radius 3 is 2.77 bits per heavy atom. The molecule has 1 amide bonds. The number of amides is 1. The average Bonchev–Trinajstić information content (AvgIpc) is 3.29. The summed E-state index contributed by atoms with van der Waals surface area (Å²) in [6, 6.07) is 6.19. The largest absolute Gasteiger partial charge is 0.488 e. The van der Waals surface area contributed by atoms with Crippen molar-refractivity contribution in [3.63, 3.8) is 0 Å². The number of rotatable bonds is 2. The van der Waals surface area contributed by atoms with E-state index in [-0.39, 0.29) is 5.91 Å². The molecule has 1 aromatic carbocycles. The summed E-state index contributed by atoms with van der Waals surface area (Å²) < 4.78 is 7.84. The summed E-state index contributed by atoms with van der Waals surface area (Å²) in [5, 5.41) is 1.08. The van der Waals surface area contributed by atoms with Crippen LogP contribution in [0.3, 0.4) is 0 Å². The number of carbonyl (C=O) groups is 1. The predicted octanol–water partition coefficient (Wildman–Crippen LogP) is 3.57. The van der Waals surface area contributed by atoms with Crippen molar-refractivity contribution in [1.29, 1.82) is 0 Å². The van der Waals surface area contributed by atoms with Gasteiger partial charge in [-0.2, -0.15) is 0 Å². The van der Waals surface area contributed by atoms with Gasteiger partial charge in [0.25, 0.3) is 5.91 Å². The number of nitrogens with two attached hydrogens (primary N) is 1. The van der Waals surface area contributed by atoms with E-state index in [0.717, 1.165) is 34.6 Å². The molecule has 5 heteroatoms. The van der Waals surface area contributed by atoms with Gasteiger partial charge >= 0.3 is 0 Å². The number of fused-ring (bicyclic) bond motifs is 5. The van der Waals surface area contributed by atoms with Crippen LogP contribution < -0.4 is 10.5 Å². The van der Waals surface area contributed by atoms with E-state index in [1.807, 2.05) is 6.07 Å². The Balaban J connectivity index is 1.39. The Morgan fingerprint density at radius 1 is 1.23 bits per heavy atom. The number of nitrogens with zero attached hydrogens (tertiary/aromatic N) is 1. The van der Waals surface area contributed by atoms with Gasteiger partial charge in [0.2, 0.25) is 0 Å². The molecule has 136 valence electrons. The van der Waals surface area contributed by atoms with E-state index in [1.54, 1.807) is 0 Å². The molecule has 4 aliphatic heterocycles. The van der Waals surface area contributed by atoms with Crippen molar-refractivity contribution in [2.75, 3.05) is 13.1 Å². The van der Waals surface area contributed by atoms with Gasteiger partial charge in [-0.15, -0.1) is 11.3 Å². The van der Waals surface area contributed by atoms with Gasteiger partial charge in [0.05, 0.1) is 9.58 Å². The zero-order valence-corrected chi connectivity index (χ0v) is 15.7. The Bertz CT molecular complexity index is 908. The van der Waals surface area contributed by atoms with Crippen LogP contribution in [0, 0.1) is 11.8 Å². The lowest BCUT2D eigenvalue weighted by Crippen LogP contribution is -2.61. The molecule has 4 nitrogen and oxygen atoms in total. The monoisotopic (exact) mass is 368 g/mol. The van der Waals surface area contributed by atoms with Crippen molar-refractivity contribution in [1.82, 2.24) is 4.90 Å². The SMILES string of the molecule is NC(=O)c1cc2ccc3c(c2s1)OC(C1C2CCN(CC2)C12CC2)CC3. The van der Waals surface area contributed by atoms with Crippen molar-refractivity contribution in [3.8, 4) is 5.75 Å². The van der Waals surface area contributed by atoms with E-state index in [4.69, 9.17) is 10.5 Å². The summed E-state index contributed by atoms with van der Waals surface area (Å²) >= 11 is 1.49.